The Labute approximate surface area is 164 Å². The molecule has 0 aliphatic carbocycles. The molecule has 0 bridgehead atoms. The van der Waals surface area contributed by atoms with E-state index in [2.05, 4.69) is 34.1 Å². The van der Waals surface area contributed by atoms with E-state index in [4.69, 9.17) is 0 Å². The highest BCUT2D eigenvalue weighted by Crippen LogP contribution is 2.27. The summed E-state index contributed by atoms with van der Waals surface area (Å²) in [5.41, 5.74) is 2.00. The zero-order chi connectivity index (χ0) is 19.6. The van der Waals surface area contributed by atoms with Crippen molar-refractivity contribution in [3.8, 4) is 0 Å². The Balaban J connectivity index is 1.39. The van der Waals surface area contributed by atoms with Crippen LogP contribution in [0.4, 0.5) is 0 Å². The number of H-pyrrole nitrogens is 1. The number of amides is 1. The van der Waals surface area contributed by atoms with E-state index in [9.17, 15) is 14.7 Å². The van der Waals surface area contributed by atoms with E-state index in [1.807, 2.05) is 0 Å². The lowest BCUT2D eigenvalue weighted by Crippen LogP contribution is -2.45. The number of pyridine rings is 1. The molecule has 1 fully saturated rings. The highest BCUT2D eigenvalue weighted by molar-refractivity contribution is 5.92. The van der Waals surface area contributed by atoms with Crippen LogP contribution in [0.5, 0.6) is 0 Å². The third-order valence-electron chi connectivity index (χ3n) is 5.93. The van der Waals surface area contributed by atoms with Gasteiger partial charge in [0.05, 0.1) is 5.60 Å². The summed E-state index contributed by atoms with van der Waals surface area (Å²) >= 11 is 0. The van der Waals surface area contributed by atoms with Crippen LogP contribution < -0.4 is 5.56 Å². The molecule has 1 amide bonds. The first-order valence-corrected chi connectivity index (χ1v) is 10.0. The normalized spacial score (nSPS) is 23.1. The van der Waals surface area contributed by atoms with Crippen molar-refractivity contribution in [1.82, 2.24) is 14.8 Å². The topological polar surface area (TPSA) is 76.6 Å². The molecule has 0 spiro atoms. The molecule has 0 unspecified atom stereocenters. The van der Waals surface area contributed by atoms with Crippen LogP contribution in [-0.4, -0.2) is 57.6 Å². The van der Waals surface area contributed by atoms with Crippen molar-refractivity contribution in [2.75, 3.05) is 26.2 Å². The minimum Gasteiger partial charge on any atom is -0.388 e. The molecule has 148 valence electrons. The van der Waals surface area contributed by atoms with E-state index in [1.54, 1.807) is 17.0 Å². The number of hydrogen-bond acceptors (Lipinski definition) is 4. The molecular weight excluding hydrogens is 354 g/mol. The predicted octanol–water partition coefficient (Wildman–Crippen LogP) is 1.79. The SMILES string of the molecule is O=C(c1cccc(=O)[nH]1)N1CCC[C@@](O)(CN2CCc3ccccc3C2)CC1. The van der Waals surface area contributed by atoms with Gasteiger partial charge in [-0.15, -0.1) is 0 Å². The number of aromatic amines is 1. The van der Waals surface area contributed by atoms with Gasteiger partial charge in [-0.05, 0) is 42.9 Å². The highest BCUT2D eigenvalue weighted by atomic mass is 16.3. The van der Waals surface area contributed by atoms with Crippen LogP contribution in [0.3, 0.4) is 0 Å². The highest BCUT2D eigenvalue weighted by Gasteiger charge is 2.34. The average molecular weight is 381 g/mol. The molecule has 6 heteroatoms. The quantitative estimate of drug-likeness (QED) is 0.850. The number of nitrogens with zero attached hydrogens (tertiary/aromatic N) is 2. The minimum atomic E-state index is -0.786. The van der Waals surface area contributed by atoms with Crippen molar-refractivity contribution in [2.45, 2.75) is 37.8 Å². The number of likely N-dealkylation sites (tertiary alicyclic amines) is 1. The number of aliphatic hydroxyl groups is 1. The second-order valence-corrected chi connectivity index (χ2v) is 8.03. The number of β-amino-alcohol motifs (C(OH)–C–C–N with tert-alkyl or cyclic N) is 1. The zero-order valence-electron chi connectivity index (χ0n) is 16.1. The Bertz CT molecular complexity index is 910. The third kappa shape index (κ3) is 4.18. The van der Waals surface area contributed by atoms with Crippen LogP contribution >= 0.6 is 0 Å². The summed E-state index contributed by atoms with van der Waals surface area (Å²) in [5.74, 6) is -0.172. The largest absolute Gasteiger partial charge is 0.388 e. The Morgan fingerprint density at radius 2 is 1.86 bits per heavy atom. The van der Waals surface area contributed by atoms with Crippen LogP contribution in [0, 0.1) is 0 Å². The molecule has 2 aliphatic rings. The van der Waals surface area contributed by atoms with Crippen molar-refractivity contribution in [3.05, 3.63) is 69.6 Å². The van der Waals surface area contributed by atoms with Crippen LogP contribution in [0.1, 0.15) is 40.9 Å². The van der Waals surface area contributed by atoms with E-state index in [0.29, 0.717) is 38.2 Å². The Kier molecular flexibility index (Phi) is 5.33. The minimum absolute atomic E-state index is 0.172. The van der Waals surface area contributed by atoms with Crippen molar-refractivity contribution < 1.29 is 9.90 Å². The lowest BCUT2D eigenvalue weighted by Gasteiger charge is -2.36. The number of carbonyl (C=O) groups excluding carboxylic acids is 1. The first kappa shape index (κ1) is 18.9. The predicted molar refractivity (Wildman–Crippen MR) is 107 cm³/mol. The fraction of sp³-hybridized carbons (Fsp3) is 0.455. The van der Waals surface area contributed by atoms with Crippen LogP contribution in [0.25, 0.3) is 0 Å². The first-order chi connectivity index (χ1) is 13.5. The van der Waals surface area contributed by atoms with Gasteiger partial charge in [0.1, 0.15) is 5.69 Å². The second-order valence-electron chi connectivity index (χ2n) is 8.03. The summed E-state index contributed by atoms with van der Waals surface area (Å²) in [4.78, 5) is 30.9. The Morgan fingerprint density at radius 1 is 1.04 bits per heavy atom. The van der Waals surface area contributed by atoms with Gasteiger partial charge >= 0.3 is 0 Å². The molecule has 1 saturated heterocycles. The number of fused-ring (bicyclic) bond motifs is 1. The van der Waals surface area contributed by atoms with Gasteiger partial charge in [-0.3, -0.25) is 14.5 Å². The van der Waals surface area contributed by atoms with E-state index in [1.165, 1.54) is 17.2 Å². The molecule has 1 aromatic carbocycles. The maximum Gasteiger partial charge on any atom is 0.270 e. The van der Waals surface area contributed by atoms with Crippen molar-refractivity contribution in [3.63, 3.8) is 0 Å². The monoisotopic (exact) mass is 381 g/mol. The summed E-state index contributed by atoms with van der Waals surface area (Å²) in [7, 11) is 0. The molecule has 4 rings (SSSR count). The number of aromatic nitrogens is 1. The van der Waals surface area contributed by atoms with Gasteiger partial charge in [-0.25, -0.2) is 0 Å². The molecule has 6 nitrogen and oxygen atoms in total. The van der Waals surface area contributed by atoms with Gasteiger partial charge in [-0.1, -0.05) is 30.3 Å². The van der Waals surface area contributed by atoms with E-state index in [-0.39, 0.29) is 11.5 Å². The summed E-state index contributed by atoms with van der Waals surface area (Å²) in [6, 6.07) is 13.1. The molecule has 0 saturated carbocycles. The summed E-state index contributed by atoms with van der Waals surface area (Å²) < 4.78 is 0. The molecule has 2 aromatic rings. The summed E-state index contributed by atoms with van der Waals surface area (Å²) in [6.45, 7) is 3.54. The first-order valence-electron chi connectivity index (χ1n) is 10.0. The standard InChI is InChI=1S/C22H27N3O3/c26-20-8-3-7-19(23-20)21(27)25-12-4-10-22(28,11-14-25)16-24-13-9-17-5-1-2-6-18(17)15-24/h1-3,5-8,28H,4,9-16H2,(H,23,26)/t22-/m0/s1. The van der Waals surface area contributed by atoms with Crippen LogP contribution in [0.2, 0.25) is 0 Å². The number of carbonyl (C=O) groups is 1. The third-order valence-corrected chi connectivity index (χ3v) is 5.93. The Hall–Kier alpha value is -2.44. The fourth-order valence-corrected chi connectivity index (χ4v) is 4.39. The van der Waals surface area contributed by atoms with Crippen LogP contribution in [-0.2, 0) is 13.0 Å². The maximum atomic E-state index is 12.7. The smallest absolute Gasteiger partial charge is 0.270 e. The summed E-state index contributed by atoms with van der Waals surface area (Å²) in [6.07, 6.45) is 3.00. The van der Waals surface area contributed by atoms with Gasteiger partial charge in [-0.2, -0.15) is 0 Å². The molecule has 2 aliphatic heterocycles. The maximum absolute atomic E-state index is 12.7. The number of benzene rings is 1. The lowest BCUT2D eigenvalue weighted by molar-refractivity contribution is -0.0118. The molecule has 28 heavy (non-hydrogen) atoms. The summed E-state index contributed by atoms with van der Waals surface area (Å²) in [5, 5.41) is 11.2. The molecule has 0 radical (unpaired) electrons. The molecular formula is C22H27N3O3. The van der Waals surface area contributed by atoms with Crippen molar-refractivity contribution in [2.24, 2.45) is 0 Å². The number of hydrogen-bond donors (Lipinski definition) is 2. The van der Waals surface area contributed by atoms with E-state index in [0.717, 1.165) is 25.9 Å². The van der Waals surface area contributed by atoms with Gasteiger partial charge in [0.15, 0.2) is 0 Å². The fourth-order valence-electron chi connectivity index (χ4n) is 4.39. The van der Waals surface area contributed by atoms with Gasteiger partial charge in [0.25, 0.3) is 5.91 Å². The van der Waals surface area contributed by atoms with Gasteiger partial charge in [0, 0.05) is 38.8 Å². The van der Waals surface area contributed by atoms with Crippen molar-refractivity contribution >= 4 is 5.91 Å². The lowest BCUT2D eigenvalue weighted by atomic mass is 9.92. The van der Waals surface area contributed by atoms with Gasteiger partial charge in [0.2, 0.25) is 5.56 Å². The zero-order valence-corrected chi connectivity index (χ0v) is 16.1. The number of nitrogens with one attached hydrogen (secondary N) is 1. The van der Waals surface area contributed by atoms with E-state index < -0.39 is 5.60 Å². The average Bonchev–Trinajstić information content (AvgIpc) is 2.89. The van der Waals surface area contributed by atoms with Crippen molar-refractivity contribution in [1.29, 1.82) is 0 Å². The molecule has 3 heterocycles. The van der Waals surface area contributed by atoms with Gasteiger partial charge < -0.3 is 15.0 Å². The Morgan fingerprint density at radius 3 is 2.68 bits per heavy atom. The number of rotatable bonds is 3. The molecule has 1 atom stereocenters. The van der Waals surface area contributed by atoms with E-state index >= 15 is 0 Å². The van der Waals surface area contributed by atoms with Crippen LogP contribution in [0.15, 0.2) is 47.3 Å². The second kappa shape index (κ2) is 7.89. The molecule has 2 N–H and O–H groups in total. The molecule has 1 aromatic heterocycles.